The van der Waals surface area contributed by atoms with Crippen LogP contribution in [-0.4, -0.2) is 42.2 Å². The Labute approximate surface area is 113 Å². The quantitative estimate of drug-likeness (QED) is 0.838. The number of pyridine rings is 1. The third-order valence-corrected chi connectivity index (χ3v) is 3.43. The van der Waals surface area contributed by atoms with Crippen LogP contribution in [0.3, 0.4) is 0 Å². The lowest BCUT2D eigenvalue weighted by Gasteiger charge is -2.33. The van der Waals surface area contributed by atoms with Crippen molar-refractivity contribution in [1.29, 1.82) is 0 Å². The maximum atomic E-state index is 10.5. The van der Waals surface area contributed by atoms with Gasteiger partial charge in [0.1, 0.15) is 5.82 Å². The number of rotatable bonds is 5. The minimum atomic E-state index is -0.798. The highest BCUT2D eigenvalue weighted by Crippen LogP contribution is 2.21. The van der Waals surface area contributed by atoms with Gasteiger partial charge >= 0.3 is 5.97 Å². The first-order chi connectivity index (χ1) is 9.15. The van der Waals surface area contributed by atoms with Gasteiger partial charge in [-0.2, -0.15) is 0 Å². The van der Waals surface area contributed by atoms with Crippen LogP contribution in [0.2, 0.25) is 0 Å². The van der Waals surface area contributed by atoms with Gasteiger partial charge in [-0.05, 0) is 37.8 Å². The van der Waals surface area contributed by atoms with Gasteiger partial charge in [0.25, 0.3) is 0 Å². The molecule has 0 radical (unpaired) electrons. The van der Waals surface area contributed by atoms with E-state index in [9.17, 15) is 4.79 Å². The topological polar surface area (TPSA) is 65.5 Å². The average Bonchev–Trinajstić information content (AvgIpc) is 2.39. The number of hydrogen-bond acceptors (Lipinski definition) is 4. The third-order valence-electron chi connectivity index (χ3n) is 3.43. The van der Waals surface area contributed by atoms with E-state index in [1.807, 2.05) is 25.1 Å². The minimum Gasteiger partial charge on any atom is -0.480 e. The highest BCUT2D eigenvalue weighted by Gasteiger charge is 2.20. The molecule has 0 spiro atoms. The van der Waals surface area contributed by atoms with Crippen LogP contribution in [0, 0.1) is 12.8 Å². The SMILES string of the molecule is Cc1cccc(N2CCCC(CNCC(=O)O)C2)n1. The lowest BCUT2D eigenvalue weighted by molar-refractivity contribution is -0.136. The third kappa shape index (κ3) is 4.21. The van der Waals surface area contributed by atoms with Gasteiger partial charge in [-0.1, -0.05) is 6.07 Å². The van der Waals surface area contributed by atoms with Crippen LogP contribution < -0.4 is 10.2 Å². The number of carbonyl (C=O) groups is 1. The molecule has 1 unspecified atom stereocenters. The highest BCUT2D eigenvalue weighted by atomic mass is 16.4. The second kappa shape index (κ2) is 6.52. The predicted octanol–water partition coefficient (Wildman–Crippen LogP) is 1.28. The summed E-state index contributed by atoms with van der Waals surface area (Å²) in [4.78, 5) is 17.3. The smallest absolute Gasteiger partial charge is 0.317 e. The van der Waals surface area contributed by atoms with E-state index in [2.05, 4.69) is 15.2 Å². The molecular weight excluding hydrogens is 242 g/mol. The standard InChI is InChI=1S/C14H21N3O2/c1-11-4-2-6-13(16-11)17-7-3-5-12(10-17)8-15-9-14(18)19/h2,4,6,12,15H,3,5,7-10H2,1H3,(H,18,19). The van der Waals surface area contributed by atoms with E-state index < -0.39 is 5.97 Å². The number of aromatic nitrogens is 1. The van der Waals surface area contributed by atoms with E-state index in [1.165, 1.54) is 0 Å². The Bertz CT molecular complexity index is 436. The molecule has 1 aliphatic heterocycles. The van der Waals surface area contributed by atoms with Gasteiger partial charge < -0.3 is 15.3 Å². The molecule has 5 heteroatoms. The number of carboxylic acids is 1. The van der Waals surface area contributed by atoms with E-state index >= 15 is 0 Å². The average molecular weight is 263 g/mol. The first-order valence-corrected chi connectivity index (χ1v) is 6.76. The van der Waals surface area contributed by atoms with Crippen molar-refractivity contribution in [2.24, 2.45) is 5.92 Å². The zero-order valence-electron chi connectivity index (χ0n) is 11.3. The molecule has 1 aromatic rings. The number of nitrogens with one attached hydrogen (secondary N) is 1. The Morgan fingerprint density at radius 3 is 3.16 bits per heavy atom. The molecule has 1 saturated heterocycles. The second-order valence-electron chi connectivity index (χ2n) is 5.12. The van der Waals surface area contributed by atoms with Gasteiger partial charge in [0, 0.05) is 25.3 Å². The highest BCUT2D eigenvalue weighted by molar-refractivity contribution is 5.68. The fourth-order valence-electron chi connectivity index (χ4n) is 2.53. The van der Waals surface area contributed by atoms with Gasteiger partial charge in [0.2, 0.25) is 0 Å². The molecule has 0 bridgehead atoms. The van der Waals surface area contributed by atoms with Crippen molar-refractivity contribution < 1.29 is 9.90 Å². The van der Waals surface area contributed by atoms with Crippen LogP contribution in [0.25, 0.3) is 0 Å². The summed E-state index contributed by atoms with van der Waals surface area (Å²) < 4.78 is 0. The number of aliphatic carboxylic acids is 1. The van der Waals surface area contributed by atoms with Gasteiger partial charge in [0.15, 0.2) is 0 Å². The maximum Gasteiger partial charge on any atom is 0.317 e. The molecule has 2 heterocycles. The lowest BCUT2D eigenvalue weighted by atomic mass is 9.98. The van der Waals surface area contributed by atoms with Crippen LogP contribution in [0.15, 0.2) is 18.2 Å². The van der Waals surface area contributed by atoms with Gasteiger partial charge in [-0.25, -0.2) is 4.98 Å². The monoisotopic (exact) mass is 263 g/mol. The summed E-state index contributed by atoms with van der Waals surface area (Å²) in [5, 5.41) is 11.6. The van der Waals surface area contributed by atoms with Crippen molar-refractivity contribution in [3.8, 4) is 0 Å². The van der Waals surface area contributed by atoms with Crippen molar-refractivity contribution in [3.05, 3.63) is 23.9 Å². The van der Waals surface area contributed by atoms with Crippen molar-refractivity contribution in [2.45, 2.75) is 19.8 Å². The van der Waals surface area contributed by atoms with E-state index in [-0.39, 0.29) is 6.54 Å². The summed E-state index contributed by atoms with van der Waals surface area (Å²) in [6, 6.07) is 6.07. The first kappa shape index (κ1) is 13.8. The summed E-state index contributed by atoms with van der Waals surface area (Å²) >= 11 is 0. The second-order valence-corrected chi connectivity index (χ2v) is 5.12. The molecule has 1 aromatic heterocycles. The Kier molecular flexibility index (Phi) is 4.74. The molecule has 5 nitrogen and oxygen atoms in total. The molecule has 0 amide bonds. The number of anilines is 1. The van der Waals surface area contributed by atoms with Crippen LogP contribution >= 0.6 is 0 Å². The van der Waals surface area contributed by atoms with Gasteiger partial charge in [0.05, 0.1) is 6.54 Å². The molecule has 2 N–H and O–H groups in total. The zero-order valence-corrected chi connectivity index (χ0v) is 11.3. The Hall–Kier alpha value is -1.62. The van der Waals surface area contributed by atoms with Crippen molar-refractivity contribution in [2.75, 3.05) is 31.1 Å². The van der Waals surface area contributed by atoms with Crippen molar-refractivity contribution >= 4 is 11.8 Å². The summed E-state index contributed by atoms with van der Waals surface area (Å²) in [7, 11) is 0. The number of piperidine rings is 1. The normalized spacial score (nSPS) is 19.4. The summed E-state index contributed by atoms with van der Waals surface area (Å²) in [6.45, 7) is 4.78. The zero-order chi connectivity index (χ0) is 13.7. The molecule has 0 saturated carbocycles. The Morgan fingerprint density at radius 2 is 2.42 bits per heavy atom. The maximum absolute atomic E-state index is 10.5. The number of carboxylic acid groups (broad SMARTS) is 1. The van der Waals surface area contributed by atoms with Crippen molar-refractivity contribution in [1.82, 2.24) is 10.3 Å². The van der Waals surface area contributed by atoms with E-state index in [0.29, 0.717) is 5.92 Å². The molecular formula is C14H21N3O2. The molecule has 1 fully saturated rings. The fraction of sp³-hybridized carbons (Fsp3) is 0.571. The molecule has 1 atom stereocenters. The molecule has 0 aromatic carbocycles. The molecule has 1 aliphatic rings. The van der Waals surface area contributed by atoms with E-state index in [1.54, 1.807) is 0 Å². The largest absolute Gasteiger partial charge is 0.480 e. The number of hydrogen-bond donors (Lipinski definition) is 2. The lowest BCUT2D eigenvalue weighted by Crippen LogP contribution is -2.41. The van der Waals surface area contributed by atoms with E-state index in [0.717, 1.165) is 44.0 Å². The van der Waals surface area contributed by atoms with Crippen LogP contribution in [-0.2, 0) is 4.79 Å². The summed E-state index contributed by atoms with van der Waals surface area (Å²) in [6.07, 6.45) is 2.28. The molecule has 0 aliphatic carbocycles. The summed E-state index contributed by atoms with van der Waals surface area (Å²) in [5.74, 6) is 0.728. The number of aryl methyl sites for hydroxylation is 1. The summed E-state index contributed by atoms with van der Waals surface area (Å²) in [5.41, 5.74) is 1.03. The molecule has 104 valence electrons. The number of nitrogens with zero attached hydrogens (tertiary/aromatic N) is 2. The van der Waals surface area contributed by atoms with Crippen LogP contribution in [0.4, 0.5) is 5.82 Å². The van der Waals surface area contributed by atoms with Crippen LogP contribution in [0.5, 0.6) is 0 Å². The molecule has 2 rings (SSSR count). The minimum absolute atomic E-state index is 0.0409. The Balaban J connectivity index is 1.88. The van der Waals surface area contributed by atoms with Gasteiger partial charge in [-0.3, -0.25) is 4.79 Å². The van der Waals surface area contributed by atoms with Gasteiger partial charge in [-0.15, -0.1) is 0 Å². The predicted molar refractivity (Wildman–Crippen MR) is 74.4 cm³/mol. The molecule has 19 heavy (non-hydrogen) atoms. The van der Waals surface area contributed by atoms with Crippen molar-refractivity contribution in [3.63, 3.8) is 0 Å². The van der Waals surface area contributed by atoms with Crippen LogP contribution in [0.1, 0.15) is 18.5 Å². The fourth-order valence-corrected chi connectivity index (χ4v) is 2.53. The first-order valence-electron chi connectivity index (χ1n) is 6.76. The Morgan fingerprint density at radius 1 is 1.58 bits per heavy atom. The van der Waals surface area contributed by atoms with E-state index in [4.69, 9.17) is 5.11 Å².